The van der Waals surface area contributed by atoms with Gasteiger partial charge in [0.25, 0.3) is 0 Å². The van der Waals surface area contributed by atoms with Crippen molar-refractivity contribution >= 4 is 20.2 Å². The van der Waals surface area contributed by atoms with E-state index in [-0.39, 0.29) is 11.1 Å². The molecule has 7 heteroatoms. The van der Waals surface area contributed by atoms with E-state index in [1.165, 1.54) is 24.3 Å². The molecule has 2 unspecified atom stereocenters. The molecule has 2 aromatic carbocycles. The van der Waals surface area contributed by atoms with Gasteiger partial charge in [0, 0.05) is 11.1 Å². The lowest BCUT2D eigenvalue weighted by molar-refractivity contribution is -0.138. The summed E-state index contributed by atoms with van der Waals surface area (Å²) in [6.07, 6.45) is -5.07. The molecule has 0 saturated heterocycles. The van der Waals surface area contributed by atoms with Crippen LogP contribution in [-0.2, 0) is 12.4 Å². The van der Waals surface area contributed by atoms with Crippen LogP contribution >= 0.6 is 0 Å². The van der Waals surface area contributed by atoms with Gasteiger partial charge in [-0.05, 0) is 60.4 Å². The maximum atomic E-state index is 13.4. The first kappa shape index (κ1) is 21.9. The minimum Gasteiger partial charge on any atom is -0.166 e. The van der Waals surface area contributed by atoms with Gasteiger partial charge in [0.15, 0.2) is 0 Å². The van der Waals surface area contributed by atoms with Gasteiger partial charge in [-0.1, -0.05) is 48.5 Å². The molecule has 0 aromatic heterocycles. The van der Waals surface area contributed by atoms with E-state index in [1.807, 2.05) is 26.0 Å². The van der Waals surface area contributed by atoms with Crippen LogP contribution in [0.25, 0.3) is 12.2 Å². The van der Waals surface area contributed by atoms with Crippen molar-refractivity contribution < 1.29 is 26.3 Å². The summed E-state index contributed by atoms with van der Waals surface area (Å²) in [6.45, 7) is 7.96. The van der Waals surface area contributed by atoms with Crippen molar-refractivity contribution in [1.29, 1.82) is 0 Å². The highest BCUT2D eigenvalue weighted by Crippen LogP contribution is 2.53. The van der Waals surface area contributed by atoms with E-state index in [2.05, 4.69) is 13.1 Å². The molecule has 0 N–H and O–H groups in total. The predicted molar refractivity (Wildman–Crippen MR) is 113 cm³/mol. The molecule has 0 fully saturated rings. The van der Waals surface area contributed by atoms with Crippen molar-refractivity contribution in [2.45, 2.75) is 50.4 Å². The molecule has 2 atom stereocenters. The third kappa shape index (κ3) is 3.56. The fraction of sp³-hybridized carbons (Fsp3) is 0.333. The monoisotopic (exact) mass is 452 g/mol. The highest BCUT2D eigenvalue weighted by atomic mass is 28.3. The van der Waals surface area contributed by atoms with Crippen molar-refractivity contribution in [3.05, 3.63) is 80.9 Å². The van der Waals surface area contributed by atoms with Gasteiger partial charge < -0.3 is 0 Å². The number of halogens is 6. The van der Waals surface area contributed by atoms with Gasteiger partial charge in [-0.15, -0.1) is 0 Å². The molecule has 0 amide bonds. The molecule has 2 aliphatic carbocycles. The molecule has 0 nitrogen and oxygen atoms in total. The Balaban J connectivity index is 1.83. The summed E-state index contributed by atoms with van der Waals surface area (Å²) in [4.78, 5) is 0. The number of fused-ring (bicyclic) bond motifs is 2. The Morgan fingerprint density at radius 1 is 0.645 bits per heavy atom. The van der Waals surface area contributed by atoms with Crippen LogP contribution in [0.2, 0.25) is 13.1 Å². The molecule has 0 saturated carbocycles. The number of rotatable bonds is 2. The van der Waals surface area contributed by atoms with E-state index in [0.29, 0.717) is 11.1 Å². The van der Waals surface area contributed by atoms with Crippen molar-refractivity contribution in [1.82, 2.24) is 0 Å². The third-order valence-corrected chi connectivity index (χ3v) is 11.1. The minimum atomic E-state index is -4.45. The average molecular weight is 453 g/mol. The topological polar surface area (TPSA) is 0 Å². The SMILES string of the molecule is CC1=Cc2ccc(C(F)(F)F)cc2C1[Si](C)(C)C1C(C)=Cc2ccc(C(F)(F)F)cc21. The Bertz CT molecular complexity index is 1030. The van der Waals surface area contributed by atoms with Crippen LogP contribution in [0.15, 0.2) is 47.5 Å². The van der Waals surface area contributed by atoms with Crippen LogP contribution in [0.1, 0.15) is 58.3 Å². The fourth-order valence-corrected chi connectivity index (χ4v) is 10.5. The highest BCUT2D eigenvalue weighted by Gasteiger charge is 2.48. The largest absolute Gasteiger partial charge is 0.416 e. The van der Waals surface area contributed by atoms with Gasteiger partial charge >= 0.3 is 12.4 Å². The van der Waals surface area contributed by atoms with Crippen LogP contribution < -0.4 is 0 Å². The first-order valence-electron chi connectivity index (χ1n) is 10.00. The Morgan fingerprint density at radius 2 is 1.00 bits per heavy atom. The molecule has 0 heterocycles. The molecule has 0 spiro atoms. The van der Waals surface area contributed by atoms with E-state index in [0.717, 1.165) is 34.4 Å². The lowest BCUT2D eigenvalue weighted by Crippen LogP contribution is -2.42. The Kier molecular flexibility index (Phi) is 4.85. The number of alkyl halides is 6. The number of benzene rings is 2. The number of allylic oxidation sites excluding steroid dienone is 2. The normalized spacial score (nSPS) is 21.0. The van der Waals surface area contributed by atoms with E-state index >= 15 is 0 Å². The smallest absolute Gasteiger partial charge is 0.166 e. The zero-order valence-corrected chi connectivity index (χ0v) is 18.5. The van der Waals surface area contributed by atoms with Crippen LogP contribution in [0.4, 0.5) is 26.3 Å². The molecule has 2 aromatic rings. The van der Waals surface area contributed by atoms with E-state index in [1.54, 1.807) is 0 Å². The molecular formula is C24H22F6Si. The molecule has 164 valence electrons. The fourth-order valence-electron chi connectivity index (χ4n) is 5.55. The van der Waals surface area contributed by atoms with Crippen molar-refractivity contribution in [2.75, 3.05) is 0 Å². The van der Waals surface area contributed by atoms with E-state index < -0.39 is 31.6 Å². The Morgan fingerprint density at radius 3 is 1.32 bits per heavy atom. The molecule has 31 heavy (non-hydrogen) atoms. The first-order chi connectivity index (χ1) is 14.2. The Labute approximate surface area is 178 Å². The molecule has 0 radical (unpaired) electrons. The van der Waals surface area contributed by atoms with Gasteiger partial charge in [0.2, 0.25) is 0 Å². The summed E-state index contributed by atoms with van der Waals surface area (Å²) in [5.41, 5.74) is 2.94. The van der Waals surface area contributed by atoms with Crippen LogP contribution in [0.5, 0.6) is 0 Å². The summed E-state index contributed by atoms with van der Waals surface area (Å²) >= 11 is 0. The zero-order valence-electron chi connectivity index (χ0n) is 17.5. The Hall–Kier alpha value is -2.28. The molecule has 4 rings (SSSR count). The number of hydrogen-bond donors (Lipinski definition) is 0. The van der Waals surface area contributed by atoms with Gasteiger partial charge in [-0.3, -0.25) is 0 Å². The lowest BCUT2D eigenvalue weighted by Gasteiger charge is -2.39. The molecule has 2 aliphatic rings. The average Bonchev–Trinajstić information content (AvgIpc) is 3.14. The van der Waals surface area contributed by atoms with Crippen molar-refractivity contribution in [2.24, 2.45) is 0 Å². The summed E-state index contributed by atoms with van der Waals surface area (Å²) in [5, 5.41) is 0. The second-order valence-electron chi connectivity index (χ2n) is 9.15. The van der Waals surface area contributed by atoms with Gasteiger partial charge in [0.1, 0.15) is 0 Å². The zero-order chi connectivity index (χ0) is 22.9. The summed E-state index contributed by atoms with van der Waals surface area (Å²) in [5.74, 6) is 0. The minimum absolute atomic E-state index is 0.210. The van der Waals surface area contributed by atoms with E-state index in [4.69, 9.17) is 0 Å². The summed E-state index contributed by atoms with van der Waals surface area (Å²) < 4.78 is 80.2. The third-order valence-electron chi connectivity index (χ3n) is 6.62. The highest BCUT2D eigenvalue weighted by molar-refractivity contribution is 6.81. The quantitative estimate of drug-likeness (QED) is 0.318. The van der Waals surface area contributed by atoms with Crippen LogP contribution in [0.3, 0.4) is 0 Å². The second-order valence-corrected chi connectivity index (χ2v) is 13.9. The summed E-state index contributed by atoms with van der Waals surface area (Å²) in [7, 11) is -2.50. The second kappa shape index (κ2) is 6.86. The van der Waals surface area contributed by atoms with Gasteiger partial charge in [-0.2, -0.15) is 26.3 Å². The maximum absolute atomic E-state index is 13.4. The van der Waals surface area contributed by atoms with Gasteiger partial charge in [-0.25, -0.2) is 0 Å². The van der Waals surface area contributed by atoms with Crippen molar-refractivity contribution in [3.63, 3.8) is 0 Å². The number of hydrogen-bond acceptors (Lipinski definition) is 0. The maximum Gasteiger partial charge on any atom is 0.416 e. The van der Waals surface area contributed by atoms with Gasteiger partial charge in [0.05, 0.1) is 19.2 Å². The van der Waals surface area contributed by atoms with E-state index in [9.17, 15) is 26.3 Å². The molecular weight excluding hydrogens is 430 g/mol. The lowest BCUT2D eigenvalue weighted by atomic mass is 10.0. The first-order valence-corrected chi connectivity index (χ1v) is 13.2. The molecule has 0 aliphatic heterocycles. The van der Waals surface area contributed by atoms with Crippen molar-refractivity contribution in [3.8, 4) is 0 Å². The van der Waals surface area contributed by atoms with Crippen LogP contribution in [0, 0.1) is 0 Å². The van der Waals surface area contributed by atoms with Crippen LogP contribution in [-0.4, -0.2) is 8.07 Å². The summed E-state index contributed by atoms with van der Waals surface area (Å²) in [6, 6.07) is 7.63. The molecule has 0 bridgehead atoms. The predicted octanol–water partition coefficient (Wildman–Crippen LogP) is 8.21. The standard InChI is InChI=1S/C24H22F6Si/c1-13-9-15-5-7-17(23(25,26)27)11-19(15)21(13)31(3,4)22-14(2)10-16-6-8-18(12-20(16)22)24(28,29)30/h5-12,21-22H,1-4H3.